The second-order valence-electron chi connectivity index (χ2n) is 5.87. The fraction of sp³-hybridized carbons (Fsp3) is 0.875. The summed E-state index contributed by atoms with van der Waals surface area (Å²) in [5, 5.41) is 3.80. The summed E-state index contributed by atoms with van der Waals surface area (Å²) in [6.07, 6.45) is 13.8. The maximum Gasteiger partial charge on any atom is 0.0545 e. The Hall–Kier alpha value is -0.170. The molecule has 1 heterocycles. The largest absolute Gasteiger partial charge is 0.312 e. The van der Waals surface area contributed by atoms with Crippen LogP contribution in [-0.2, 0) is 0 Å². The summed E-state index contributed by atoms with van der Waals surface area (Å²) < 4.78 is 0. The smallest absolute Gasteiger partial charge is 0.0545 e. The summed E-state index contributed by atoms with van der Waals surface area (Å²) in [6.45, 7) is 4.92. The average Bonchev–Trinajstić information content (AvgIpc) is 2.70. The van der Waals surface area contributed by atoms with Crippen LogP contribution >= 0.6 is 11.8 Å². The van der Waals surface area contributed by atoms with Gasteiger partial charge in [-0.1, -0.05) is 25.2 Å². The maximum absolute atomic E-state index is 5.30. The van der Waals surface area contributed by atoms with Gasteiger partial charge in [-0.05, 0) is 38.3 Å². The Bertz CT molecular complexity index is 281. The molecule has 19 heavy (non-hydrogen) atoms. The number of thioether (sulfide) groups is 1. The van der Waals surface area contributed by atoms with E-state index in [9.17, 15) is 0 Å². The van der Waals surface area contributed by atoms with Crippen LogP contribution in [0.1, 0.15) is 38.5 Å². The summed E-state index contributed by atoms with van der Waals surface area (Å²) >= 11 is 1.89. The molecule has 1 unspecified atom stereocenters. The summed E-state index contributed by atoms with van der Waals surface area (Å²) in [4.78, 5) is 2.66. The van der Waals surface area contributed by atoms with Crippen LogP contribution in [0, 0.1) is 18.3 Å². The van der Waals surface area contributed by atoms with E-state index in [4.69, 9.17) is 6.42 Å². The zero-order valence-corrected chi connectivity index (χ0v) is 12.9. The lowest BCUT2D eigenvalue weighted by Gasteiger charge is -2.32. The van der Waals surface area contributed by atoms with E-state index in [1.54, 1.807) is 0 Å². The number of hydrogen-bond donors (Lipinski definition) is 1. The third-order valence-electron chi connectivity index (χ3n) is 4.47. The highest BCUT2D eigenvalue weighted by atomic mass is 32.2. The summed E-state index contributed by atoms with van der Waals surface area (Å²) in [6, 6.07) is 0.737. The van der Waals surface area contributed by atoms with Crippen molar-refractivity contribution in [3.05, 3.63) is 0 Å². The van der Waals surface area contributed by atoms with Gasteiger partial charge < -0.3 is 10.2 Å². The summed E-state index contributed by atoms with van der Waals surface area (Å²) in [5.74, 6) is 5.68. The number of rotatable bonds is 5. The average molecular weight is 280 g/mol. The molecule has 1 N–H and O–H groups in total. The van der Waals surface area contributed by atoms with E-state index in [1.807, 2.05) is 11.8 Å². The first-order valence-electron chi connectivity index (χ1n) is 7.87. The lowest BCUT2D eigenvalue weighted by Crippen LogP contribution is -2.44. The summed E-state index contributed by atoms with van der Waals surface area (Å²) in [5.41, 5.74) is 0. The van der Waals surface area contributed by atoms with E-state index in [-0.39, 0.29) is 0 Å². The van der Waals surface area contributed by atoms with Gasteiger partial charge in [0.05, 0.1) is 5.75 Å². The minimum Gasteiger partial charge on any atom is -0.312 e. The molecule has 0 aromatic heterocycles. The fourth-order valence-corrected chi connectivity index (χ4v) is 4.05. The Kier molecular flexibility index (Phi) is 7.13. The monoisotopic (exact) mass is 280 g/mol. The van der Waals surface area contributed by atoms with Crippen molar-refractivity contribution in [3.63, 3.8) is 0 Å². The van der Waals surface area contributed by atoms with Crippen molar-refractivity contribution >= 4 is 11.8 Å². The SMILES string of the molecule is C#CCSCCN1CCCNC(C2CCCCC2)C1. The molecule has 1 saturated carbocycles. The molecule has 108 valence electrons. The van der Waals surface area contributed by atoms with Crippen molar-refractivity contribution in [2.45, 2.75) is 44.6 Å². The highest BCUT2D eigenvalue weighted by Crippen LogP contribution is 2.27. The van der Waals surface area contributed by atoms with Crippen LogP contribution in [0.25, 0.3) is 0 Å². The van der Waals surface area contributed by atoms with E-state index >= 15 is 0 Å². The van der Waals surface area contributed by atoms with Crippen LogP contribution in [0.15, 0.2) is 0 Å². The highest BCUT2D eigenvalue weighted by molar-refractivity contribution is 7.99. The van der Waals surface area contributed by atoms with Crippen molar-refractivity contribution < 1.29 is 0 Å². The fourth-order valence-electron chi connectivity index (χ4n) is 3.40. The van der Waals surface area contributed by atoms with E-state index in [0.29, 0.717) is 0 Å². The van der Waals surface area contributed by atoms with Crippen LogP contribution in [0.2, 0.25) is 0 Å². The molecule has 2 fully saturated rings. The number of hydrogen-bond acceptors (Lipinski definition) is 3. The maximum atomic E-state index is 5.30. The van der Waals surface area contributed by atoms with Crippen molar-refractivity contribution in [3.8, 4) is 12.3 Å². The highest BCUT2D eigenvalue weighted by Gasteiger charge is 2.26. The minimum absolute atomic E-state index is 0.737. The molecule has 0 amide bonds. The van der Waals surface area contributed by atoms with Crippen LogP contribution in [0.4, 0.5) is 0 Å². The third kappa shape index (κ3) is 5.38. The van der Waals surface area contributed by atoms with E-state index in [0.717, 1.165) is 17.7 Å². The second kappa shape index (κ2) is 8.89. The van der Waals surface area contributed by atoms with Gasteiger partial charge in [-0.15, -0.1) is 18.2 Å². The molecule has 3 heteroatoms. The Morgan fingerprint density at radius 2 is 2.05 bits per heavy atom. The number of nitrogens with zero attached hydrogens (tertiary/aromatic N) is 1. The van der Waals surface area contributed by atoms with Gasteiger partial charge in [0.25, 0.3) is 0 Å². The summed E-state index contributed by atoms with van der Waals surface area (Å²) in [7, 11) is 0. The van der Waals surface area contributed by atoms with Gasteiger partial charge in [0.15, 0.2) is 0 Å². The van der Waals surface area contributed by atoms with Crippen molar-refractivity contribution in [2.75, 3.05) is 37.7 Å². The van der Waals surface area contributed by atoms with Crippen LogP contribution in [-0.4, -0.2) is 48.6 Å². The normalized spacial score (nSPS) is 26.8. The quantitative estimate of drug-likeness (QED) is 0.615. The Balaban J connectivity index is 1.75. The van der Waals surface area contributed by atoms with Gasteiger partial charge in [0.1, 0.15) is 0 Å². The molecule has 0 spiro atoms. The van der Waals surface area contributed by atoms with Crippen LogP contribution in [0.3, 0.4) is 0 Å². The molecule has 2 aliphatic rings. The molecule has 0 aromatic carbocycles. The Morgan fingerprint density at radius 3 is 2.84 bits per heavy atom. The van der Waals surface area contributed by atoms with Gasteiger partial charge in [-0.3, -0.25) is 0 Å². The van der Waals surface area contributed by atoms with Gasteiger partial charge >= 0.3 is 0 Å². The van der Waals surface area contributed by atoms with Crippen molar-refractivity contribution in [2.24, 2.45) is 5.92 Å². The molecule has 1 aliphatic carbocycles. The van der Waals surface area contributed by atoms with Gasteiger partial charge in [-0.25, -0.2) is 0 Å². The number of terminal acetylenes is 1. The predicted octanol–water partition coefficient (Wildman–Crippen LogP) is 2.60. The van der Waals surface area contributed by atoms with Crippen LogP contribution < -0.4 is 5.32 Å². The topological polar surface area (TPSA) is 15.3 Å². The lowest BCUT2D eigenvalue weighted by molar-refractivity contribution is 0.213. The lowest BCUT2D eigenvalue weighted by atomic mass is 9.83. The van der Waals surface area contributed by atoms with E-state index in [1.165, 1.54) is 70.5 Å². The van der Waals surface area contributed by atoms with Gasteiger partial charge in [0, 0.05) is 24.9 Å². The van der Waals surface area contributed by atoms with E-state index in [2.05, 4.69) is 16.1 Å². The molecule has 1 atom stereocenters. The molecule has 0 aromatic rings. The standard InChI is InChI=1S/C16H28N2S/c1-2-12-19-13-11-18-10-6-9-17-16(14-18)15-7-4-3-5-8-15/h1,15-17H,3-14H2. The van der Waals surface area contributed by atoms with Gasteiger partial charge in [0.2, 0.25) is 0 Å². The molecular formula is C16H28N2S. The van der Waals surface area contributed by atoms with Gasteiger partial charge in [-0.2, -0.15) is 0 Å². The number of nitrogens with one attached hydrogen (secondary N) is 1. The Labute approximate surface area is 123 Å². The molecule has 2 nitrogen and oxygen atoms in total. The van der Waals surface area contributed by atoms with Crippen LogP contribution in [0.5, 0.6) is 0 Å². The Morgan fingerprint density at radius 1 is 1.21 bits per heavy atom. The second-order valence-corrected chi connectivity index (χ2v) is 6.97. The molecule has 0 radical (unpaired) electrons. The first-order valence-corrected chi connectivity index (χ1v) is 9.02. The molecule has 0 bridgehead atoms. The first-order chi connectivity index (χ1) is 9.40. The molecule has 2 rings (SSSR count). The van der Waals surface area contributed by atoms with E-state index < -0.39 is 0 Å². The zero-order chi connectivity index (χ0) is 13.3. The minimum atomic E-state index is 0.737. The molecule has 1 aliphatic heterocycles. The molecular weight excluding hydrogens is 252 g/mol. The first kappa shape index (κ1) is 15.2. The zero-order valence-electron chi connectivity index (χ0n) is 12.1. The van der Waals surface area contributed by atoms with Crippen molar-refractivity contribution in [1.82, 2.24) is 10.2 Å². The third-order valence-corrected chi connectivity index (χ3v) is 5.31. The van der Waals surface area contributed by atoms with Crippen molar-refractivity contribution in [1.29, 1.82) is 0 Å². The predicted molar refractivity (Wildman–Crippen MR) is 85.6 cm³/mol. The molecule has 1 saturated heterocycles.